The topological polar surface area (TPSA) is 78.5 Å². The zero-order valence-corrected chi connectivity index (χ0v) is 11.5. The van der Waals surface area contributed by atoms with Crippen LogP contribution in [0.4, 0.5) is 5.69 Å². The third kappa shape index (κ3) is 2.96. The van der Waals surface area contributed by atoms with Gasteiger partial charge < -0.3 is 15.5 Å². The predicted octanol–water partition coefficient (Wildman–Crippen LogP) is 0.605. The first-order valence-electron chi connectivity index (χ1n) is 6.40. The molecule has 1 heterocycles. The quantitative estimate of drug-likeness (QED) is 0.848. The van der Waals surface area contributed by atoms with Crippen LogP contribution in [0.2, 0.25) is 0 Å². The molecule has 1 aromatic rings. The van der Waals surface area contributed by atoms with Crippen molar-refractivity contribution in [1.82, 2.24) is 10.2 Å². The Balaban J connectivity index is 2.10. The van der Waals surface area contributed by atoms with E-state index in [2.05, 4.69) is 10.6 Å². The van der Waals surface area contributed by atoms with Gasteiger partial charge in [-0.05, 0) is 18.6 Å². The zero-order chi connectivity index (χ0) is 14.7. The molecule has 1 atom stereocenters. The largest absolute Gasteiger partial charge is 0.349 e. The van der Waals surface area contributed by atoms with E-state index < -0.39 is 6.04 Å². The average molecular weight is 275 g/mol. The molecule has 0 saturated carbocycles. The number of amides is 3. The summed E-state index contributed by atoms with van der Waals surface area (Å²) >= 11 is 0. The van der Waals surface area contributed by atoms with Crippen LogP contribution in [0.3, 0.4) is 0 Å². The van der Waals surface area contributed by atoms with Crippen LogP contribution in [0.25, 0.3) is 0 Å². The second kappa shape index (κ2) is 5.73. The Hall–Kier alpha value is -2.37. The van der Waals surface area contributed by atoms with Gasteiger partial charge in [-0.2, -0.15) is 0 Å². The highest BCUT2D eigenvalue weighted by atomic mass is 16.2. The number of nitrogens with one attached hydrogen (secondary N) is 2. The number of benzene rings is 1. The number of carbonyl (C=O) groups is 3. The van der Waals surface area contributed by atoms with E-state index in [0.717, 1.165) is 0 Å². The lowest BCUT2D eigenvalue weighted by atomic mass is 10.1. The third-order valence-corrected chi connectivity index (χ3v) is 3.20. The number of hydrogen-bond donors (Lipinski definition) is 2. The van der Waals surface area contributed by atoms with Gasteiger partial charge in [0.25, 0.3) is 5.91 Å². The number of carbonyl (C=O) groups excluding carboxylic acids is 3. The number of anilines is 1. The van der Waals surface area contributed by atoms with Gasteiger partial charge in [-0.15, -0.1) is 0 Å². The van der Waals surface area contributed by atoms with Crippen LogP contribution in [0, 0.1) is 0 Å². The van der Waals surface area contributed by atoms with Crippen LogP contribution >= 0.6 is 0 Å². The van der Waals surface area contributed by atoms with Crippen LogP contribution in [-0.4, -0.2) is 42.8 Å². The van der Waals surface area contributed by atoms with Crippen molar-refractivity contribution in [3.63, 3.8) is 0 Å². The first-order chi connectivity index (χ1) is 9.49. The molecule has 0 saturated heterocycles. The Kier molecular flexibility index (Phi) is 4.02. The Morgan fingerprint density at radius 3 is 2.65 bits per heavy atom. The van der Waals surface area contributed by atoms with Crippen molar-refractivity contribution in [1.29, 1.82) is 0 Å². The summed E-state index contributed by atoms with van der Waals surface area (Å²) in [6.07, 6.45) is 0.490. The lowest BCUT2D eigenvalue weighted by Crippen LogP contribution is -2.41. The van der Waals surface area contributed by atoms with Gasteiger partial charge in [-0.3, -0.25) is 14.4 Å². The highest BCUT2D eigenvalue weighted by Crippen LogP contribution is 2.19. The predicted molar refractivity (Wildman–Crippen MR) is 74.3 cm³/mol. The smallest absolute Gasteiger partial charge is 0.254 e. The van der Waals surface area contributed by atoms with Gasteiger partial charge in [0.05, 0.1) is 11.3 Å². The van der Waals surface area contributed by atoms with Gasteiger partial charge in [0, 0.05) is 20.5 Å². The van der Waals surface area contributed by atoms with Crippen LogP contribution in [0.15, 0.2) is 24.3 Å². The summed E-state index contributed by atoms with van der Waals surface area (Å²) < 4.78 is 0. The molecule has 0 bridgehead atoms. The maximum atomic E-state index is 12.1. The average Bonchev–Trinajstić information content (AvgIpc) is 2.53. The molecule has 2 N–H and O–H groups in total. The minimum atomic E-state index is -0.696. The summed E-state index contributed by atoms with van der Waals surface area (Å²) in [5.74, 6) is -0.676. The highest BCUT2D eigenvalue weighted by Gasteiger charge is 2.27. The molecule has 0 fully saturated rings. The van der Waals surface area contributed by atoms with Crippen LogP contribution in [0.1, 0.15) is 23.2 Å². The van der Waals surface area contributed by atoms with Crippen molar-refractivity contribution in [3.05, 3.63) is 29.8 Å². The van der Waals surface area contributed by atoms with Crippen LogP contribution in [0.5, 0.6) is 0 Å². The molecule has 0 spiro atoms. The van der Waals surface area contributed by atoms with Crippen molar-refractivity contribution in [2.75, 3.05) is 19.4 Å². The molecular formula is C14H17N3O3. The number of para-hydroxylation sites is 1. The molecule has 1 unspecified atom stereocenters. The lowest BCUT2D eigenvalue weighted by Gasteiger charge is -2.16. The molecule has 1 aliphatic heterocycles. The fraction of sp³-hybridized carbons (Fsp3) is 0.357. The van der Waals surface area contributed by atoms with E-state index in [9.17, 15) is 14.4 Å². The number of rotatable bonds is 3. The van der Waals surface area contributed by atoms with Gasteiger partial charge >= 0.3 is 0 Å². The minimum absolute atomic E-state index is 0.0752. The normalized spacial score (nSPS) is 17.6. The number of nitrogens with zero attached hydrogens (tertiary/aromatic N) is 1. The maximum Gasteiger partial charge on any atom is 0.254 e. The monoisotopic (exact) mass is 275 g/mol. The Bertz CT molecular complexity index is 554. The van der Waals surface area contributed by atoms with Crippen molar-refractivity contribution in [2.24, 2.45) is 0 Å². The van der Waals surface area contributed by atoms with Crippen LogP contribution < -0.4 is 10.6 Å². The molecule has 6 nitrogen and oxygen atoms in total. The molecule has 0 aliphatic carbocycles. The van der Waals surface area contributed by atoms with Crippen LogP contribution in [-0.2, 0) is 9.59 Å². The molecular weight excluding hydrogens is 258 g/mol. The van der Waals surface area contributed by atoms with E-state index in [1.165, 1.54) is 4.90 Å². The SMILES string of the molecule is CN(C)C(=O)CCC1NC(=O)c2ccccc2NC1=O. The first kappa shape index (κ1) is 14.0. The molecule has 0 aromatic heterocycles. The minimum Gasteiger partial charge on any atom is -0.349 e. The second-order valence-electron chi connectivity index (χ2n) is 4.89. The third-order valence-electron chi connectivity index (χ3n) is 3.20. The number of hydrogen-bond acceptors (Lipinski definition) is 3. The molecule has 3 amide bonds. The van der Waals surface area contributed by atoms with Gasteiger partial charge in [0.2, 0.25) is 11.8 Å². The van der Waals surface area contributed by atoms with E-state index in [0.29, 0.717) is 11.3 Å². The van der Waals surface area contributed by atoms with Gasteiger partial charge in [0.1, 0.15) is 6.04 Å². The molecule has 6 heteroatoms. The zero-order valence-electron chi connectivity index (χ0n) is 11.5. The number of fused-ring (bicyclic) bond motifs is 1. The van der Waals surface area contributed by atoms with E-state index >= 15 is 0 Å². The molecule has 106 valence electrons. The van der Waals surface area contributed by atoms with Gasteiger partial charge in [0.15, 0.2) is 0 Å². The Morgan fingerprint density at radius 1 is 1.25 bits per heavy atom. The molecule has 0 radical (unpaired) electrons. The molecule has 1 aromatic carbocycles. The fourth-order valence-corrected chi connectivity index (χ4v) is 2.01. The van der Waals surface area contributed by atoms with Gasteiger partial charge in [-0.1, -0.05) is 12.1 Å². The first-order valence-corrected chi connectivity index (χ1v) is 6.40. The summed E-state index contributed by atoms with van der Waals surface area (Å²) in [4.78, 5) is 37.1. The Morgan fingerprint density at radius 2 is 1.95 bits per heavy atom. The maximum absolute atomic E-state index is 12.1. The van der Waals surface area contributed by atoms with E-state index in [1.54, 1.807) is 38.4 Å². The summed E-state index contributed by atoms with van der Waals surface area (Å²) in [6.45, 7) is 0. The molecule has 1 aliphatic rings. The summed E-state index contributed by atoms with van der Waals surface area (Å²) in [5, 5.41) is 5.37. The van der Waals surface area contributed by atoms with Crippen molar-refractivity contribution in [2.45, 2.75) is 18.9 Å². The lowest BCUT2D eigenvalue weighted by molar-refractivity contribution is -0.129. The summed E-state index contributed by atoms with van der Waals surface area (Å²) in [6, 6.07) is 6.13. The summed E-state index contributed by atoms with van der Waals surface area (Å²) in [5.41, 5.74) is 0.929. The fourth-order valence-electron chi connectivity index (χ4n) is 2.01. The Labute approximate surface area is 117 Å². The van der Waals surface area contributed by atoms with E-state index in [1.807, 2.05) is 0 Å². The second-order valence-corrected chi connectivity index (χ2v) is 4.89. The summed E-state index contributed by atoms with van der Waals surface area (Å²) in [7, 11) is 3.31. The van der Waals surface area contributed by atoms with Crippen molar-refractivity contribution >= 4 is 23.4 Å². The van der Waals surface area contributed by atoms with Crippen molar-refractivity contribution in [3.8, 4) is 0 Å². The van der Waals surface area contributed by atoms with Crippen molar-refractivity contribution < 1.29 is 14.4 Å². The molecule has 20 heavy (non-hydrogen) atoms. The van der Waals surface area contributed by atoms with E-state index in [4.69, 9.17) is 0 Å². The standard InChI is InChI=1S/C14H17N3O3/c1-17(2)12(18)8-7-11-14(20)15-10-6-4-3-5-9(10)13(19)16-11/h3-6,11H,7-8H2,1-2H3,(H,15,20)(H,16,19). The van der Waals surface area contributed by atoms with E-state index in [-0.39, 0.29) is 30.6 Å². The molecule has 2 rings (SSSR count). The van der Waals surface area contributed by atoms with Gasteiger partial charge in [-0.25, -0.2) is 0 Å². The highest BCUT2D eigenvalue weighted by molar-refractivity contribution is 6.09.